The fourth-order valence-corrected chi connectivity index (χ4v) is 2.96. The first-order chi connectivity index (χ1) is 10.3. The first-order valence-electron chi connectivity index (χ1n) is 7.34. The zero-order chi connectivity index (χ0) is 14.5. The summed E-state index contributed by atoms with van der Waals surface area (Å²) in [6, 6.07) is 6.48. The van der Waals surface area contributed by atoms with Gasteiger partial charge < -0.3 is 14.8 Å². The fourth-order valence-electron chi connectivity index (χ4n) is 2.34. The molecule has 0 radical (unpaired) electrons. The Bertz CT molecular complexity index is 572. The lowest BCUT2D eigenvalue weighted by molar-refractivity contribution is 0.297. The van der Waals surface area contributed by atoms with Crippen LogP contribution in [0.25, 0.3) is 0 Å². The van der Waals surface area contributed by atoms with Crippen LogP contribution in [0.3, 0.4) is 0 Å². The highest BCUT2D eigenvalue weighted by Crippen LogP contribution is 2.32. The highest BCUT2D eigenvalue weighted by atomic mass is 32.1. The van der Waals surface area contributed by atoms with Gasteiger partial charge in [-0.05, 0) is 24.6 Å². The summed E-state index contributed by atoms with van der Waals surface area (Å²) in [6.45, 7) is 4.54. The molecule has 2 heterocycles. The van der Waals surface area contributed by atoms with E-state index in [4.69, 9.17) is 9.47 Å². The summed E-state index contributed by atoms with van der Waals surface area (Å²) in [5.41, 5.74) is 1.22. The normalized spacial score (nSPS) is 15.5. The average Bonchev–Trinajstić information content (AvgIpc) is 2.90. The smallest absolute Gasteiger partial charge is 0.161 e. The third-order valence-corrected chi connectivity index (χ3v) is 4.38. The van der Waals surface area contributed by atoms with E-state index in [0.29, 0.717) is 0 Å². The van der Waals surface area contributed by atoms with E-state index in [1.807, 2.05) is 17.6 Å². The van der Waals surface area contributed by atoms with Gasteiger partial charge in [0.15, 0.2) is 11.5 Å². The zero-order valence-corrected chi connectivity index (χ0v) is 13.0. The third kappa shape index (κ3) is 3.74. The molecule has 3 rings (SSSR count). The van der Waals surface area contributed by atoms with Crippen LogP contribution in [-0.2, 0) is 6.42 Å². The second-order valence-corrected chi connectivity index (χ2v) is 6.09. The summed E-state index contributed by atoms with van der Waals surface area (Å²) >= 11 is 1.70. The van der Waals surface area contributed by atoms with E-state index in [0.717, 1.165) is 44.1 Å². The van der Waals surface area contributed by atoms with Crippen molar-refractivity contribution in [1.29, 1.82) is 0 Å². The van der Waals surface area contributed by atoms with Crippen molar-refractivity contribution in [2.24, 2.45) is 0 Å². The van der Waals surface area contributed by atoms with Crippen LogP contribution in [0.1, 0.15) is 30.0 Å². The van der Waals surface area contributed by atoms with Gasteiger partial charge in [-0.1, -0.05) is 6.07 Å². The SMILES string of the molecule is CC(NCCc1nccs1)c1ccc2c(c1)OCCCO2. The van der Waals surface area contributed by atoms with E-state index in [1.54, 1.807) is 11.3 Å². The topological polar surface area (TPSA) is 43.4 Å². The molecule has 0 fully saturated rings. The number of nitrogens with zero attached hydrogens (tertiary/aromatic N) is 1. The second-order valence-electron chi connectivity index (χ2n) is 5.11. The maximum absolute atomic E-state index is 5.74. The molecule has 1 atom stereocenters. The molecule has 1 aliphatic rings. The van der Waals surface area contributed by atoms with Crippen molar-refractivity contribution in [3.63, 3.8) is 0 Å². The van der Waals surface area contributed by atoms with E-state index in [2.05, 4.69) is 29.4 Å². The van der Waals surface area contributed by atoms with E-state index in [1.165, 1.54) is 10.6 Å². The van der Waals surface area contributed by atoms with Gasteiger partial charge in [-0.15, -0.1) is 11.3 Å². The van der Waals surface area contributed by atoms with E-state index < -0.39 is 0 Å². The number of hydrogen-bond donors (Lipinski definition) is 1. The summed E-state index contributed by atoms with van der Waals surface area (Å²) in [5, 5.41) is 6.72. The Balaban J connectivity index is 1.59. The van der Waals surface area contributed by atoms with Crippen molar-refractivity contribution in [1.82, 2.24) is 10.3 Å². The van der Waals surface area contributed by atoms with Gasteiger partial charge >= 0.3 is 0 Å². The van der Waals surface area contributed by atoms with E-state index >= 15 is 0 Å². The van der Waals surface area contributed by atoms with Crippen LogP contribution in [0.5, 0.6) is 11.5 Å². The van der Waals surface area contributed by atoms with Crippen molar-refractivity contribution < 1.29 is 9.47 Å². The molecule has 1 N–H and O–H groups in total. The van der Waals surface area contributed by atoms with Crippen LogP contribution < -0.4 is 14.8 Å². The molecule has 0 spiro atoms. The molecule has 4 nitrogen and oxygen atoms in total. The first kappa shape index (κ1) is 14.4. The number of benzene rings is 1. The van der Waals surface area contributed by atoms with Crippen molar-refractivity contribution in [2.75, 3.05) is 19.8 Å². The molecule has 1 aliphatic heterocycles. The molecule has 5 heteroatoms. The minimum atomic E-state index is 0.280. The fraction of sp³-hybridized carbons (Fsp3) is 0.438. The maximum Gasteiger partial charge on any atom is 0.161 e. The average molecular weight is 304 g/mol. The van der Waals surface area contributed by atoms with Crippen LogP contribution in [0.4, 0.5) is 0 Å². The van der Waals surface area contributed by atoms with Crippen molar-refractivity contribution in [3.05, 3.63) is 40.3 Å². The Kier molecular flexibility index (Phi) is 4.72. The summed E-state index contributed by atoms with van der Waals surface area (Å²) in [6.07, 6.45) is 3.76. The Morgan fingerprint density at radius 1 is 1.29 bits per heavy atom. The van der Waals surface area contributed by atoms with Crippen LogP contribution >= 0.6 is 11.3 Å². The minimum absolute atomic E-state index is 0.280. The lowest BCUT2D eigenvalue weighted by Gasteiger charge is -2.16. The molecule has 0 aliphatic carbocycles. The van der Waals surface area contributed by atoms with Crippen LogP contribution in [-0.4, -0.2) is 24.7 Å². The van der Waals surface area contributed by atoms with Crippen molar-refractivity contribution >= 4 is 11.3 Å². The van der Waals surface area contributed by atoms with Crippen molar-refractivity contribution in [2.45, 2.75) is 25.8 Å². The summed E-state index contributed by atoms with van der Waals surface area (Å²) in [5.74, 6) is 1.71. The predicted molar refractivity (Wildman–Crippen MR) is 84.3 cm³/mol. The molecule has 1 aromatic heterocycles. The van der Waals surface area contributed by atoms with Crippen molar-refractivity contribution in [3.8, 4) is 11.5 Å². The molecule has 112 valence electrons. The van der Waals surface area contributed by atoms with Gasteiger partial charge in [0.05, 0.1) is 18.2 Å². The van der Waals surface area contributed by atoms with Gasteiger partial charge in [0, 0.05) is 37.0 Å². The quantitative estimate of drug-likeness (QED) is 0.921. The number of ether oxygens (including phenoxy) is 2. The highest BCUT2D eigenvalue weighted by Gasteiger charge is 2.13. The number of rotatable bonds is 5. The molecule has 21 heavy (non-hydrogen) atoms. The number of aromatic nitrogens is 1. The zero-order valence-electron chi connectivity index (χ0n) is 12.2. The number of fused-ring (bicyclic) bond motifs is 1. The molecule has 1 aromatic carbocycles. The second kappa shape index (κ2) is 6.91. The van der Waals surface area contributed by atoms with Gasteiger partial charge in [0.25, 0.3) is 0 Å². The molecule has 2 aromatic rings. The van der Waals surface area contributed by atoms with Gasteiger partial charge in [0.2, 0.25) is 0 Å². The lowest BCUT2D eigenvalue weighted by atomic mass is 10.1. The van der Waals surface area contributed by atoms with Crippen LogP contribution in [0.2, 0.25) is 0 Å². The Morgan fingerprint density at radius 2 is 2.14 bits per heavy atom. The Hall–Kier alpha value is -1.59. The Morgan fingerprint density at radius 3 is 2.95 bits per heavy atom. The third-order valence-electron chi connectivity index (χ3n) is 3.54. The van der Waals surface area contributed by atoms with Gasteiger partial charge in [-0.2, -0.15) is 0 Å². The van der Waals surface area contributed by atoms with Crippen LogP contribution in [0, 0.1) is 0 Å². The predicted octanol–water partition coefficient (Wildman–Crippen LogP) is 3.20. The monoisotopic (exact) mass is 304 g/mol. The Labute approximate surface area is 129 Å². The molecule has 0 bridgehead atoms. The number of nitrogens with one attached hydrogen (secondary N) is 1. The largest absolute Gasteiger partial charge is 0.490 e. The molecular formula is C16H20N2O2S. The van der Waals surface area contributed by atoms with E-state index in [9.17, 15) is 0 Å². The highest BCUT2D eigenvalue weighted by molar-refractivity contribution is 7.09. The standard InChI is InChI=1S/C16H20N2O2S/c1-12(17-6-5-16-18-7-10-21-16)13-3-4-14-15(11-13)20-9-2-8-19-14/h3-4,7,10-12,17H,2,5-6,8-9H2,1H3. The van der Waals surface area contributed by atoms with E-state index in [-0.39, 0.29) is 6.04 Å². The number of hydrogen-bond acceptors (Lipinski definition) is 5. The summed E-state index contributed by atoms with van der Waals surface area (Å²) in [4.78, 5) is 4.30. The van der Waals surface area contributed by atoms with Gasteiger partial charge in [0.1, 0.15) is 0 Å². The molecule has 1 unspecified atom stereocenters. The minimum Gasteiger partial charge on any atom is -0.490 e. The summed E-state index contributed by atoms with van der Waals surface area (Å²) in [7, 11) is 0. The molecule has 0 saturated heterocycles. The lowest BCUT2D eigenvalue weighted by Crippen LogP contribution is -2.21. The van der Waals surface area contributed by atoms with Gasteiger partial charge in [-0.25, -0.2) is 4.98 Å². The molecule has 0 saturated carbocycles. The summed E-state index contributed by atoms with van der Waals surface area (Å²) < 4.78 is 11.4. The molecule has 0 amide bonds. The first-order valence-corrected chi connectivity index (χ1v) is 8.22. The maximum atomic E-state index is 5.74. The number of thiazole rings is 1. The van der Waals surface area contributed by atoms with Gasteiger partial charge in [-0.3, -0.25) is 0 Å². The molecular weight excluding hydrogens is 284 g/mol. The van der Waals surface area contributed by atoms with Crippen LogP contribution in [0.15, 0.2) is 29.8 Å².